The number of aryl methyl sites for hydroxylation is 1. The van der Waals surface area contributed by atoms with Crippen LogP contribution in [0.15, 0.2) is 41.3 Å². The summed E-state index contributed by atoms with van der Waals surface area (Å²) in [7, 11) is -3.75. The number of phenols is 1. The molecular weight excluding hydrogens is 443 g/mol. The summed E-state index contributed by atoms with van der Waals surface area (Å²) in [5, 5.41) is 22.3. The van der Waals surface area contributed by atoms with Crippen LogP contribution < -0.4 is 10.0 Å². The summed E-state index contributed by atoms with van der Waals surface area (Å²) >= 11 is 13.0. The minimum absolute atomic E-state index is 0.0505. The van der Waals surface area contributed by atoms with Crippen molar-refractivity contribution in [2.24, 2.45) is 0 Å². The Kier molecular flexibility index (Phi) is 6.29. The second-order valence-electron chi connectivity index (χ2n) is 5.73. The van der Waals surface area contributed by atoms with E-state index in [4.69, 9.17) is 23.2 Å². The van der Waals surface area contributed by atoms with Crippen molar-refractivity contribution in [2.75, 3.05) is 10.0 Å². The fraction of sp³-hybridized carbons (Fsp3) is 0.176. The van der Waals surface area contributed by atoms with Gasteiger partial charge in [0, 0.05) is 22.8 Å². The largest absolute Gasteiger partial charge is 0.506 e. The van der Waals surface area contributed by atoms with Gasteiger partial charge in [0.25, 0.3) is 10.0 Å². The Morgan fingerprint density at radius 1 is 1.14 bits per heavy atom. The van der Waals surface area contributed by atoms with Gasteiger partial charge >= 0.3 is 0 Å². The molecule has 11 heteroatoms. The summed E-state index contributed by atoms with van der Waals surface area (Å²) in [6.45, 7) is 2.18. The number of aromatic hydroxyl groups is 1. The zero-order valence-corrected chi connectivity index (χ0v) is 17.8. The lowest BCUT2D eigenvalue weighted by Gasteiger charge is -2.11. The van der Waals surface area contributed by atoms with E-state index in [0.29, 0.717) is 22.7 Å². The molecule has 0 saturated carbocycles. The van der Waals surface area contributed by atoms with E-state index < -0.39 is 10.0 Å². The van der Waals surface area contributed by atoms with E-state index in [9.17, 15) is 13.5 Å². The maximum atomic E-state index is 12.5. The van der Waals surface area contributed by atoms with Crippen molar-refractivity contribution in [1.82, 2.24) is 10.2 Å². The van der Waals surface area contributed by atoms with Crippen LogP contribution in [0.4, 0.5) is 10.8 Å². The minimum atomic E-state index is -3.75. The van der Waals surface area contributed by atoms with Crippen molar-refractivity contribution >= 4 is 55.4 Å². The molecule has 0 aliphatic heterocycles. The lowest BCUT2D eigenvalue weighted by atomic mass is 10.2. The Hall–Kier alpha value is -2.07. The van der Waals surface area contributed by atoms with Gasteiger partial charge in [-0.3, -0.25) is 4.72 Å². The topological polar surface area (TPSA) is 104 Å². The number of nitrogens with zero attached hydrogens (tertiary/aromatic N) is 2. The van der Waals surface area contributed by atoms with Crippen molar-refractivity contribution in [3.05, 3.63) is 57.0 Å². The van der Waals surface area contributed by atoms with Crippen molar-refractivity contribution in [3.63, 3.8) is 0 Å². The van der Waals surface area contributed by atoms with Gasteiger partial charge in [0.05, 0.1) is 9.92 Å². The molecule has 3 aromatic rings. The Labute approximate surface area is 176 Å². The summed E-state index contributed by atoms with van der Waals surface area (Å²) in [5.74, 6) is -0.0505. The zero-order chi connectivity index (χ0) is 20.3. The number of benzene rings is 2. The number of nitrogens with one attached hydrogen (secondary N) is 2. The number of aromatic nitrogens is 2. The molecule has 0 radical (unpaired) electrons. The Morgan fingerprint density at radius 3 is 2.50 bits per heavy atom. The molecule has 0 atom stereocenters. The summed E-state index contributed by atoms with van der Waals surface area (Å²) in [6, 6.07) is 9.24. The highest BCUT2D eigenvalue weighted by Gasteiger charge is 2.16. The maximum Gasteiger partial charge on any atom is 0.263 e. The van der Waals surface area contributed by atoms with E-state index in [0.717, 1.165) is 5.01 Å². The van der Waals surface area contributed by atoms with E-state index >= 15 is 0 Å². The van der Waals surface area contributed by atoms with Crippen molar-refractivity contribution in [2.45, 2.75) is 24.8 Å². The van der Waals surface area contributed by atoms with E-state index in [2.05, 4.69) is 20.2 Å². The second kappa shape index (κ2) is 8.52. The zero-order valence-electron chi connectivity index (χ0n) is 14.6. The van der Waals surface area contributed by atoms with Crippen LogP contribution in [0.25, 0.3) is 0 Å². The first kappa shape index (κ1) is 20.7. The van der Waals surface area contributed by atoms with Crippen molar-refractivity contribution < 1.29 is 13.5 Å². The highest BCUT2D eigenvalue weighted by molar-refractivity contribution is 7.93. The van der Waals surface area contributed by atoms with Crippen LogP contribution >= 0.6 is 34.5 Å². The summed E-state index contributed by atoms with van der Waals surface area (Å²) in [6.07, 6.45) is 0.688. The van der Waals surface area contributed by atoms with E-state index in [-0.39, 0.29) is 27.3 Å². The fourth-order valence-corrected chi connectivity index (χ4v) is 4.76. The van der Waals surface area contributed by atoms with Crippen molar-refractivity contribution in [3.8, 4) is 5.75 Å². The third kappa shape index (κ3) is 4.85. The lowest BCUT2D eigenvalue weighted by Crippen LogP contribution is -2.12. The molecule has 3 N–H and O–H groups in total. The lowest BCUT2D eigenvalue weighted by molar-refractivity contribution is 0.469. The predicted octanol–water partition coefficient (Wildman–Crippen LogP) is 4.53. The normalized spacial score (nSPS) is 11.4. The maximum absolute atomic E-state index is 12.5. The number of sulfonamides is 1. The first-order valence-electron chi connectivity index (χ1n) is 8.14. The van der Waals surface area contributed by atoms with Crippen LogP contribution in [0.3, 0.4) is 0 Å². The van der Waals surface area contributed by atoms with Gasteiger partial charge in [-0.25, -0.2) is 8.42 Å². The number of hydrogen-bond acceptors (Lipinski definition) is 7. The van der Waals surface area contributed by atoms with Crippen LogP contribution in [0.2, 0.25) is 10.0 Å². The minimum Gasteiger partial charge on any atom is -0.506 e. The molecule has 1 heterocycles. The highest BCUT2D eigenvalue weighted by Crippen LogP contribution is 2.31. The van der Waals surface area contributed by atoms with Gasteiger partial charge in [0.1, 0.15) is 10.8 Å². The molecule has 0 amide bonds. The number of rotatable bonds is 7. The molecule has 7 nitrogen and oxygen atoms in total. The van der Waals surface area contributed by atoms with Gasteiger partial charge < -0.3 is 10.4 Å². The SMILES string of the molecule is CCc1nnc(NS(=O)(=O)c2ccc(NCc3cc(Cl)cc(Cl)c3O)cc2)s1. The van der Waals surface area contributed by atoms with Gasteiger partial charge in [-0.2, -0.15) is 0 Å². The van der Waals surface area contributed by atoms with Crippen LogP contribution in [0.5, 0.6) is 5.75 Å². The van der Waals surface area contributed by atoms with Crippen LogP contribution in [-0.4, -0.2) is 23.7 Å². The van der Waals surface area contributed by atoms with Gasteiger partial charge in [0.2, 0.25) is 5.13 Å². The number of hydrogen-bond donors (Lipinski definition) is 3. The van der Waals surface area contributed by atoms with E-state index in [1.807, 2.05) is 6.92 Å². The van der Waals surface area contributed by atoms with E-state index in [1.165, 1.54) is 29.5 Å². The monoisotopic (exact) mass is 458 g/mol. The Bertz CT molecular complexity index is 1090. The first-order chi connectivity index (χ1) is 13.3. The number of halogens is 2. The average Bonchev–Trinajstić information content (AvgIpc) is 3.10. The first-order valence-corrected chi connectivity index (χ1v) is 11.2. The molecule has 0 aliphatic carbocycles. The molecule has 28 heavy (non-hydrogen) atoms. The summed E-state index contributed by atoms with van der Waals surface area (Å²) in [4.78, 5) is 0.0972. The van der Waals surface area contributed by atoms with Crippen LogP contribution in [-0.2, 0) is 23.0 Å². The summed E-state index contributed by atoms with van der Waals surface area (Å²) in [5.41, 5.74) is 1.19. The molecule has 3 rings (SSSR count). The molecule has 0 aliphatic rings. The van der Waals surface area contributed by atoms with Crippen LogP contribution in [0.1, 0.15) is 17.5 Å². The second-order valence-corrected chi connectivity index (χ2v) is 9.32. The number of anilines is 2. The molecule has 0 bridgehead atoms. The van der Waals surface area contributed by atoms with Gasteiger partial charge in [0.15, 0.2) is 0 Å². The van der Waals surface area contributed by atoms with E-state index in [1.54, 1.807) is 18.2 Å². The molecule has 148 valence electrons. The van der Waals surface area contributed by atoms with Gasteiger partial charge in [-0.15, -0.1) is 10.2 Å². The molecule has 0 saturated heterocycles. The van der Waals surface area contributed by atoms with Gasteiger partial charge in [-0.05, 0) is 42.8 Å². The molecule has 0 unspecified atom stereocenters. The highest BCUT2D eigenvalue weighted by atomic mass is 35.5. The van der Waals surface area contributed by atoms with Crippen molar-refractivity contribution in [1.29, 1.82) is 0 Å². The van der Waals surface area contributed by atoms with Crippen LogP contribution in [0, 0.1) is 0 Å². The Morgan fingerprint density at radius 2 is 1.86 bits per heavy atom. The average molecular weight is 459 g/mol. The number of phenolic OH excluding ortho intramolecular Hbond substituents is 1. The Balaban J connectivity index is 1.69. The third-order valence-electron chi connectivity index (χ3n) is 3.75. The smallest absolute Gasteiger partial charge is 0.263 e. The quantitative estimate of drug-likeness (QED) is 0.480. The third-order valence-corrected chi connectivity index (χ3v) is 6.72. The molecular formula is C17H16Cl2N4O3S2. The predicted molar refractivity (Wildman–Crippen MR) is 112 cm³/mol. The summed E-state index contributed by atoms with van der Waals surface area (Å²) < 4.78 is 27.3. The fourth-order valence-electron chi connectivity index (χ4n) is 2.31. The standard InChI is InChI=1S/C17H16Cl2N4O3S2/c1-2-15-21-22-17(27-15)23-28(25,26)13-5-3-12(4-6-13)20-9-10-7-11(18)8-14(19)16(10)24/h3-8,20,24H,2,9H2,1H3,(H,22,23). The molecule has 1 aromatic heterocycles. The molecule has 0 fully saturated rings. The molecule has 2 aromatic carbocycles. The van der Waals surface area contributed by atoms with Gasteiger partial charge in [-0.1, -0.05) is 41.5 Å². The molecule has 0 spiro atoms.